The smallest absolute Gasteiger partial charge is 0.449 e. The van der Waals surface area contributed by atoms with Crippen LogP contribution in [0.4, 0.5) is 9.59 Å². The first-order valence-corrected chi connectivity index (χ1v) is 3.40. The van der Waals surface area contributed by atoms with Crippen LogP contribution in [0.3, 0.4) is 0 Å². The van der Waals surface area contributed by atoms with Crippen molar-refractivity contribution < 1.29 is 29.4 Å². The van der Waals surface area contributed by atoms with Gasteiger partial charge in [0.05, 0.1) is 12.7 Å². The van der Waals surface area contributed by atoms with Gasteiger partial charge in [0.25, 0.3) is 5.88 Å². The van der Waals surface area contributed by atoms with Crippen LogP contribution in [-0.2, 0) is 9.57 Å². The van der Waals surface area contributed by atoms with E-state index in [0.29, 0.717) is 0 Å². The van der Waals surface area contributed by atoms with E-state index in [4.69, 9.17) is 10.2 Å². The van der Waals surface area contributed by atoms with Crippen LogP contribution in [0, 0.1) is 0 Å². The van der Waals surface area contributed by atoms with Crippen LogP contribution in [0.15, 0.2) is 17.1 Å². The molecule has 0 saturated heterocycles. The summed E-state index contributed by atoms with van der Waals surface area (Å²) in [4.78, 5) is 28.1. The minimum atomic E-state index is -1.58. The van der Waals surface area contributed by atoms with Gasteiger partial charge in [0, 0.05) is 6.21 Å². The molecule has 0 bridgehead atoms. The zero-order valence-electron chi connectivity index (χ0n) is 6.78. The molecule has 2 N–H and O–H groups in total. The molecule has 0 aromatic carbocycles. The van der Waals surface area contributed by atoms with E-state index in [9.17, 15) is 9.59 Å². The number of rotatable bonds is 2. The SMILES string of the molecule is O=C(O)OC1=CN=CCN1OC(=O)O. The molecule has 8 nitrogen and oxygen atoms in total. The summed E-state index contributed by atoms with van der Waals surface area (Å²) >= 11 is 0. The van der Waals surface area contributed by atoms with Crippen LogP contribution in [0.1, 0.15) is 0 Å². The Hall–Kier alpha value is -2.25. The molecule has 1 rings (SSSR count). The highest BCUT2D eigenvalue weighted by molar-refractivity contribution is 5.64. The quantitative estimate of drug-likeness (QED) is 0.626. The Morgan fingerprint density at radius 2 is 2.14 bits per heavy atom. The molecule has 76 valence electrons. The maximum Gasteiger partial charge on any atom is 0.531 e. The van der Waals surface area contributed by atoms with E-state index >= 15 is 0 Å². The Morgan fingerprint density at radius 1 is 1.43 bits per heavy atom. The van der Waals surface area contributed by atoms with Gasteiger partial charge in [-0.2, -0.15) is 5.06 Å². The predicted octanol–water partition coefficient (Wildman–Crippen LogP) is 0.476. The van der Waals surface area contributed by atoms with Gasteiger partial charge >= 0.3 is 12.3 Å². The average Bonchev–Trinajstić information content (AvgIpc) is 2.06. The van der Waals surface area contributed by atoms with E-state index in [1.54, 1.807) is 0 Å². The molecule has 1 heterocycles. The summed E-state index contributed by atoms with van der Waals surface area (Å²) in [5.74, 6) is -0.303. The molecular weight excluding hydrogens is 196 g/mol. The molecule has 8 heteroatoms. The molecule has 0 aliphatic carbocycles. The Kier molecular flexibility index (Phi) is 2.89. The largest absolute Gasteiger partial charge is 0.531 e. The van der Waals surface area contributed by atoms with Gasteiger partial charge in [-0.25, -0.2) is 9.59 Å². The van der Waals surface area contributed by atoms with Crippen molar-refractivity contribution in [3.8, 4) is 0 Å². The summed E-state index contributed by atoms with van der Waals surface area (Å²) in [5, 5.41) is 17.3. The Morgan fingerprint density at radius 3 is 2.71 bits per heavy atom. The summed E-state index contributed by atoms with van der Waals surface area (Å²) in [6, 6.07) is 0. The van der Waals surface area contributed by atoms with Gasteiger partial charge in [-0.05, 0) is 0 Å². The molecule has 1 aliphatic rings. The number of ether oxygens (including phenoxy) is 1. The number of carboxylic acid groups (broad SMARTS) is 2. The number of aliphatic imine (C=N–C) groups is 1. The van der Waals surface area contributed by atoms with Crippen LogP contribution in [0.5, 0.6) is 0 Å². The molecule has 0 aromatic heterocycles. The molecule has 0 spiro atoms. The van der Waals surface area contributed by atoms with Crippen molar-refractivity contribution in [1.82, 2.24) is 5.06 Å². The number of hydrogen-bond donors (Lipinski definition) is 2. The average molecular weight is 202 g/mol. The summed E-state index contributed by atoms with van der Waals surface area (Å²) < 4.78 is 4.21. The minimum Gasteiger partial charge on any atom is -0.449 e. The molecule has 0 aromatic rings. The second-order valence-corrected chi connectivity index (χ2v) is 2.09. The molecule has 0 radical (unpaired) electrons. The number of hydrogen-bond acceptors (Lipinski definition) is 6. The highest BCUT2D eigenvalue weighted by Gasteiger charge is 2.19. The second kappa shape index (κ2) is 4.12. The van der Waals surface area contributed by atoms with Crippen molar-refractivity contribution in [3.63, 3.8) is 0 Å². The van der Waals surface area contributed by atoms with Crippen LogP contribution >= 0.6 is 0 Å². The van der Waals surface area contributed by atoms with E-state index in [2.05, 4.69) is 14.6 Å². The first-order chi connectivity index (χ1) is 6.59. The summed E-state index contributed by atoms with van der Waals surface area (Å²) in [7, 11) is 0. The maximum atomic E-state index is 10.2. The fraction of sp³-hybridized carbons (Fsp3) is 0.167. The van der Waals surface area contributed by atoms with E-state index in [1.165, 1.54) is 6.21 Å². The van der Waals surface area contributed by atoms with Crippen molar-refractivity contribution in [2.75, 3.05) is 6.54 Å². The van der Waals surface area contributed by atoms with Gasteiger partial charge in [-0.1, -0.05) is 0 Å². The predicted molar refractivity (Wildman–Crippen MR) is 41.5 cm³/mol. The normalized spacial score (nSPS) is 14.6. The third kappa shape index (κ3) is 2.66. The second-order valence-electron chi connectivity index (χ2n) is 2.09. The zero-order valence-corrected chi connectivity index (χ0v) is 6.78. The van der Waals surface area contributed by atoms with Crippen molar-refractivity contribution in [3.05, 3.63) is 12.1 Å². The number of hydroxylamine groups is 2. The molecule has 0 fully saturated rings. The van der Waals surface area contributed by atoms with Crippen LogP contribution < -0.4 is 0 Å². The Bertz CT molecular complexity index is 309. The minimum absolute atomic E-state index is 0.00852. The van der Waals surface area contributed by atoms with Gasteiger partial charge in [0.2, 0.25) is 0 Å². The van der Waals surface area contributed by atoms with Gasteiger partial charge in [0.1, 0.15) is 0 Å². The molecule has 0 saturated carbocycles. The Labute approximate surface area is 77.6 Å². The lowest BCUT2D eigenvalue weighted by Gasteiger charge is -2.21. The third-order valence-electron chi connectivity index (χ3n) is 1.16. The standard InChI is InChI=1S/C6H6N2O6/c9-5(10)13-4-3-7-1-2-8(4)14-6(11)12/h1,3H,2H2,(H,9,10)(H,11,12). The van der Waals surface area contributed by atoms with Gasteiger partial charge < -0.3 is 19.8 Å². The molecule has 1 aliphatic heterocycles. The first kappa shape index (κ1) is 9.84. The van der Waals surface area contributed by atoms with Crippen LogP contribution in [0.25, 0.3) is 0 Å². The van der Waals surface area contributed by atoms with E-state index in [1.807, 2.05) is 0 Å². The Balaban J connectivity index is 2.66. The van der Waals surface area contributed by atoms with E-state index < -0.39 is 12.3 Å². The lowest BCUT2D eigenvalue weighted by atomic mass is 10.6. The monoisotopic (exact) mass is 202 g/mol. The van der Waals surface area contributed by atoms with E-state index in [-0.39, 0.29) is 12.4 Å². The van der Waals surface area contributed by atoms with Crippen molar-refractivity contribution in [2.24, 2.45) is 4.99 Å². The van der Waals surface area contributed by atoms with E-state index in [0.717, 1.165) is 11.3 Å². The lowest BCUT2D eigenvalue weighted by molar-refractivity contribution is -0.114. The van der Waals surface area contributed by atoms with Crippen molar-refractivity contribution in [2.45, 2.75) is 0 Å². The van der Waals surface area contributed by atoms with Gasteiger partial charge in [-0.3, -0.25) is 4.99 Å². The van der Waals surface area contributed by atoms with Gasteiger partial charge in [-0.15, -0.1) is 0 Å². The van der Waals surface area contributed by atoms with Gasteiger partial charge in [0.15, 0.2) is 0 Å². The van der Waals surface area contributed by atoms with Crippen LogP contribution in [-0.4, -0.2) is 40.3 Å². The maximum absolute atomic E-state index is 10.2. The zero-order chi connectivity index (χ0) is 10.6. The van der Waals surface area contributed by atoms with Crippen molar-refractivity contribution in [1.29, 1.82) is 0 Å². The first-order valence-electron chi connectivity index (χ1n) is 3.40. The summed E-state index contributed by atoms with van der Waals surface area (Å²) in [5.41, 5.74) is 0. The fourth-order valence-corrected chi connectivity index (χ4v) is 0.735. The molecule has 0 unspecified atom stereocenters. The lowest BCUT2D eigenvalue weighted by Crippen LogP contribution is -2.31. The topological polar surface area (TPSA) is 109 Å². The molecule has 14 heavy (non-hydrogen) atoms. The highest BCUT2D eigenvalue weighted by atomic mass is 16.8. The number of carbonyl (C=O) groups is 2. The van der Waals surface area contributed by atoms with Crippen LogP contribution in [0.2, 0.25) is 0 Å². The fourth-order valence-electron chi connectivity index (χ4n) is 0.735. The summed E-state index contributed by atoms with van der Waals surface area (Å²) in [6.45, 7) is -0.00852. The third-order valence-corrected chi connectivity index (χ3v) is 1.16. The van der Waals surface area contributed by atoms with Crippen molar-refractivity contribution >= 4 is 18.5 Å². The summed E-state index contributed by atoms with van der Waals surface area (Å²) in [6.07, 6.45) is -0.786. The molecule has 0 atom stereocenters. The molecule has 0 amide bonds. The number of nitrogens with zero attached hydrogens (tertiary/aromatic N) is 2. The highest BCUT2D eigenvalue weighted by Crippen LogP contribution is 2.10. The molecular formula is C6H6N2O6.